The zero-order valence-corrected chi connectivity index (χ0v) is 11.2. The smallest absolute Gasteiger partial charge is 0.220 e. The number of ether oxygens (including phenoxy) is 1. The first-order valence-corrected chi connectivity index (χ1v) is 7.08. The predicted octanol–water partition coefficient (Wildman–Crippen LogP) is 1.21. The van der Waals surface area contributed by atoms with E-state index in [2.05, 4.69) is 10.4 Å². The van der Waals surface area contributed by atoms with E-state index in [0.717, 1.165) is 32.7 Å². The van der Waals surface area contributed by atoms with Crippen molar-refractivity contribution in [3.63, 3.8) is 0 Å². The number of hydrogen-bond acceptors (Lipinski definition) is 3. The van der Waals surface area contributed by atoms with Crippen LogP contribution in [0.2, 0.25) is 0 Å². The van der Waals surface area contributed by atoms with E-state index < -0.39 is 0 Å². The Kier molecular flexibility index (Phi) is 3.55. The molecule has 3 rings (SSSR count). The van der Waals surface area contributed by atoms with Crippen LogP contribution in [0.25, 0.3) is 0 Å². The Morgan fingerprint density at radius 3 is 3.05 bits per heavy atom. The third kappa shape index (κ3) is 3.35. The van der Waals surface area contributed by atoms with E-state index in [0.29, 0.717) is 12.3 Å². The molecule has 2 heterocycles. The number of amides is 1. The average molecular weight is 263 g/mol. The van der Waals surface area contributed by atoms with Gasteiger partial charge in [-0.2, -0.15) is 5.10 Å². The van der Waals surface area contributed by atoms with Crippen molar-refractivity contribution in [2.45, 2.75) is 32.2 Å². The summed E-state index contributed by atoms with van der Waals surface area (Å²) < 4.78 is 7.26. The minimum absolute atomic E-state index is 0.169. The van der Waals surface area contributed by atoms with Crippen LogP contribution >= 0.6 is 0 Å². The molecule has 2 aliphatic rings. The third-order valence-corrected chi connectivity index (χ3v) is 4.17. The van der Waals surface area contributed by atoms with Gasteiger partial charge in [0.05, 0.1) is 0 Å². The molecule has 1 aromatic rings. The first-order valence-electron chi connectivity index (χ1n) is 7.08. The zero-order chi connectivity index (χ0) is 13.1. The highest BCUT2D eigenvalue weighted by Crippen LogP contribution is 2.46. The Hall–Kier alpha value is -1.36. The lowest BCUT2D eigenvalue weighted by atomic mass is 10.0. The number of nitrogens with zero attached hydrogens (tertiary/aromatic N) is 2. The molecule has 1 amide bonds. The van der Waals surface area contributed by atoms with Gasteiger partial charge < -0.3 is 10.1 Å². The van der Waals surface area contributed by atoms with E-state index in [4.69, 9.17) is 4.74 Å². The standard InChI is InChI=1S/C14H21N3O2/c18-13(8-12-2-7-19-9-12)15-10-14(3-4-14)11-17-6-1-5-16-17/h1,5-6,12H,2-4,7-11H2,(H,15,18)/t12-/m1/s1. The molecule has 1 N–H and O–H groups in total. The molecule has 0 aromatic carbocycles. The fourth-order valence-electron chi connectivity index (χ4n) is 2.67. The summed E-state index contributed by atoms with van der Waals surface area (Å²) in [5.41, 5.74) is 0.244. The van der Waals surface area contributed by atoms with Gasteiger partial charge in [-0.25, -0.2) is 0 Å². The molecule has 2 fully saturated rings. The van der Waals surface area contributed by atoms with E-state index in [1.165, 1.54) is 12.8 Å². The minimum atomic E-state index is 0.169. The second-order valence-electron chi connectivity index (χ2n) is 5.91. The lowest BCUT2D eigenvalue weighted by Gasteiger charge is -2.17. The highest BCUT2D eigenvalue weighted by Gasteiger charge is 2.43. The van der Waals surface area contributed by atoms with Gasteiger partial charge in [-0.15, -0.1) is 0 Å². The summed E-state index contributed by atoms with van der Waals surface area (Å²) in [5, 5.41) is 7.33. The van der Waals surface area contributed by atoms with Crippen LogP contribution < -0.4 is 5.32 Å². The molecule has 104 valence electrons. The van der Waals surface area contributed by atoms with Crippen LogP contribution in [0.4, 0.5) is 0 Å². The first-order chi connectivity index (χ1) is 9.26. The van der Waals surface area contributed by atoms with Crippen LogP contribution in [-0.2, 0) is 16.1 Å². The molecule has 1 atom stereocenters. The summed E-state index contributed by atoms with van der Waals surface area (Å²) in [6.45, 7) is 3.24. The van der Waals surface area contributed by atoms with Crippen molar-refractivity contribution < 1.29 is 9.53 Å². The van der Waals surface area contributed by atoms with Crippen molar-refractivity contribution in [2.75, 3.05) is 19.8 Å². The Morgan fingerprint density at radius 1 is 1.53 bits per heavy atom. The van der Waals surface area contributed by atoms with Gasteiger partial charge in [-0.05, 0) is 31.2 Å². The van der Waals surface area contributed by atoms with E-state index in [-0.39, 0.29) is 11.3 Å². The summed E-state index contributed by atoms with van der Waals surface area (Å²) in [4.78, 5) is 11.9. The highest BCUT2D eigenvalue weighted by atomic mass is 16.5. The van der Waals surface area contributed by atoms with Crippen molar-refractivity contribution in [3.05, 3.63) is 18.5 Å². The molecule has 19 heavy (non-hydrogen) atoms. The number of aromatic nitrogens is 2. The maximum absolute atomic E-state index is 11.9. The number of carbonyl (C=O) groups is 1. The maximum Gasteiger partial charge on any atom is 0.220 e. The van der Waals surface area contributed by atoms with Crippen molar-refractivity contribution in [1.29, 1.82) is 0 Å². The second kappa shape index (κ2) is 5.33. The molecule has 5 heteroatoms. The largest absolute Gasteiger partial charge is 0.381 e. The molecule has 0 unspecified atom stereocenters. The molecule has 0 spiro atoms. The van der Waals surface area contributed by atoms with E-state index in [1.54, 1.807) is 6.20 Å². The fraction of sp³-hybridized carbons (Fsp3) is 0.714. The van der Waals surface area contributed by atoms with Crippen LogP contribution in [0.5, 0.6) is 0 Å². The van der Waals surface area contributed by atoms with Crippen molar-refractivity contribution in [1.82, 2.24) is 15.1 Å². The van der Waals surface area contributed by atoms with Crippen LogP contribution in [0.15, 0.2) is 18.5 Å². The molecule has 5 nitrogen and oxygen atoms in total. The molecule has 0 radical (unpaired) electrons. The van der Waals surface area contributed by atoms with Gasteiger partial charge in [0, 0.05) is 50.5 Å². The number of hydrogen-bond donors (Lipinski definition) is 1. The van der Waals surface area contributed by atoms with E-state index in [1.807, 2.05) is 16.9 Å². The quantitative estimate of drug-likeness (QED) is 0.839. The molecule has 1 aliphatic heterocycles. The number of rotatable bonds is 6. The molecule has 0 bridgehead atoms. The second-order valence-corrected chi connectivity index (χ2v) is 5.91. The molecular formula is C14H21N3O2. The Morgan fingerprint density at radius 2 is 2.42 bits per heavy atom. The third-order valence-electron chi connectivity index (χ3n) is 4.17. The van der Waals surface area contributed by atoms with Crippen molar-refractivity contribution in [3.8, 4) is 0 Å². The molecule has 1 aromatic heterocycles. The van der Waals surface area contributed by atoms with Gasteiger partial charge in [-0.3, -0.25) is 9.48 Å². The van der Waals surface area contributed by atoms with E-state index >= 15 is 0 Å². The Labute approximate surface area is 113 Å². The van der Waals surface area contributed by atoms with Gasteiger partial charge in [0.1, 0.15) is 0 Å². The molecule has 1 aliphatic carbocycles. The first kappa shape index (κ1) is 12.7. The minimum Gasteiger partial charge on any atom is -0.381 e. The predicted molar refractivity (Wildman–Crippen MR) is 70.4 cm³/mol. The van der Waals surface area contributed by atoms with Gasteiger partial charge in [0.2, 0.25) is 5.91 Å². The molecule has 1 saturated heterocycles. The Balaban J connectivity index is 1.42. The maximum atomic E-state index is 11.9. The normalized spacial score (nSPS) is 24.3. The summed E-state index contributed by atoms with van der Waals surface area (Å²) in [6, 6.07) is 1.94. The van der Waals surface area contributed by atoms with Gasteiger partial charge in [-0.1, -0.05) is 0 Å². The highest BCUT2D eigenvalue weighted by molar-refractivity contribution is 5.76. The lowest BCUT2D eigenvalue weighted by molar-refractivity contribution is -0.122. The van der Waals surface area contributed by atoms with Gasteiger partial charge >= 0.3 is 0 Å². The van der Waals surface area contributed by atoms with Crippen LogP contribution in [0.1, 0.15) is 25.7 Å². The van der Waals surface area contributed by atoms with Crippen LogP contribution in [0.3, 0.4) is 0 Å². The van der Waals surface area contributed by atoms with Crippen molar-refractivity contribution >= 4 is 5.91 Å². The summed E-state index contributed by atoms with van der Waals surface area (Å²) in [6.07, 6.45) is 7.77. The van der Waals surface area contributed by atoms with Crippen molar-refractivity contribution in [2.24, 2.45) is 11.3 Å². The van der Waals surface area contributed by atoms with Crippen LogP contribution in [-0.4, -0.2) is 35.4 Å². The fourth-order valence-corrected chi connectivity index (χ4v) is 2.67. The SMILES string of the molecule is O=C(C[C@H]1CCOC1)NCC1(Cn2cccn2)CC1. The number of carbonyl (C=O) groups excluding carboxylic acids is 1. The monoisotopic (exact) mass is 263 g/mol. The summed E-state index contributed by atoms with van der Waals surface area (Å²) in [7, 11) is 0. The topological polar surface area (TPSA) is 56.1 Å². The van der Waals surface area contributed by atoms with Crippen LogP contribution in [0, 0.1) is 11.3 Å². The van der Waals surface area contributed by atoms with Gasteiger partial charge in [0.25, 0.3) is 0 Å². The average Bonchev–Trinajstić information content (AvgIpc) is 2.84. The van der Waals surface area contributed by atoms with Gasteiger partial charge in [0.15, 0.2) is 0 Å². The summed E-state index contributed by atoms with van der Waals surface area (Å²) >= 11 is 0. The Bertz CT molecular complexity index is 420. The lowest BCUT2D eigenvalue weighted by Crippen LogP contribution is -2.33. The number of nitrogens with one attached hydrogen (secondary N) is 1. The van der Waals surface area contributed by atoms with E-state index in [9.17, 15) is 4.79 Å². The zero-order valence-electron chi connectivity index (χ0n) is 11.2. The molecular weight excluding hydrogens is 242 g/mol. The molecule has 1 saturated carbocycles. The summed E-state index contributed by atoms with van der Waals surface area (Å²) in [5.74, 6) is 0.587.